The highest BCUT2D eigenvalue weighted by atomic mass is 32.2. The first-order valence-electron chi connectivity index (χ1n) is 6.10. The summed E-state index contributed by atoms with van der Waals surface area (Å²) in [7, 11) is 0. The summed E-state index contributed by atoms with van der Waals surface area (Å²) in [5.41, 5.74) is 0. The number of hydrogen-bond donors (Lipinski definition) is 1. The highest BCUT2D eigenvalue weighted by molar-refractivity contribution is 7.99. The highest BCUT2D eigenvalue weighted by Crippen LogP contribution is 2.11. The maximum absolute atomic E-state index is 12.1. The third kappa shape index (κ3) is 5.39. The SMILES string of the molecule is N#CCCN(CCC#N)C(=O)CC1CSCCN1. The number of carbonyl (C=O) groups excluding carboxylic acids is 1. The number of nitrogens with zero attached hydrogens (tertiary/aromatic N) is 3. The van der Waals surface area contributed by atoms with E-state index in [0.717, 1.165) is 18.1 Å². The maximum atomic E-state index is 12.1. The van der Waals surface area contributed by atoms with Crippen LogP contribution in [0.25, 0.3) is 0 Å². The van der Waals surface area contributed by atoms with Gasteiger partial charge in [0, 0.05) is 43.6 Å². The van der Waals surface area contributed by atoms with E-state index < -0.39 is 0 Å². The Hall–Kier alpha value is -1.24. The van der Waals surface area contributed by atoms with Gasteiger partial charge in [0.25, 0.3) is 0 Å². The Bertz CT molecular complexity index is 323. The van der Waals surface area contributed by atoms with E-state index in [4.69, 9.17) is 10.5 Å². The van der Waals surface area contributed by atoms with E-state index in [-0.39, 0.29) is 11.9 Å². The molecule has 0 aromatic heterocycles. The molecule has 1 rings (SSSR count). The molecule has 0 aromatic rings. The first-order chi connectivity index (χ1) is 8.77. The minimum absolute atomic E-state index is 0.0421. The van der Waals surface area contributed by atoms with Gasteiger partial charge in [0.2, 0.25) is 5.91 Å². The second kappa shape index (κ2) is 8.79. The molecule has 1 fully saturated rings. The van der Waals surface area contributed by atoms with E-state index in [1.807, 2.05) is 23.9 Å². The van der Waals surface area contributed by atoms with Crippen LogP contribution in [0, 0.1) is 22.7 Å². The molecule has 18 heavy (non-hydrogen) atoms. The lowest BCUT2D eigenvalue weighted by Crippen LogP contribution is -2.43. The lowest BCUT2D eigenvalue weighted by Gasteiger charge is -2.26. The van der Waals surface area contributed by atoms with Gasteiger partial charge in [0.15, 0.2) is 0 Å². The number of nitriles is 2. The van der Waals surface area contributed by atoms with Crippen LogP contribution >= 0.6 is 11.8 Å². The van der Waals surface area contributed by atoms with Gasteiger partial charge in [0.05, 0.1) is 25.0 Å². The van der Waals surface area contributed by atoms with E-state index >= 15 is 0 Å². The van der Waals surface area contributed by atoms with Crippen LogP contribution in [-0.2, 0) is 4.79 Å². The second-order valence-corrected chi connectivity index (χ2v) is 5.28. The van der Waals surface area contributed by atoms with Gasteiger partial charge < -0.3 is 10.2 Å². The summed E-state index contributed by atoms with van der Waals surface area (Å²) in [5, 5.41) is 20.5. The van der Waals surface area contributed by atoms with Crippen molar-refractivity contribution in [1.82, 2.24) is 10.2 Å². The summed E-state index contributed by atoms with van der Waals surface area (Å²) in [6.45, 7) is 1.80. The van der Waals surface area contributed by atoms with Gasteiger partial charge in [-0.05, 0) is 0 Å². The number of rotatable bonds is 6. The Balaban J connectivity index is 2.41. The van der Waals surface area contributed by atoms with Crippen molar-refractivity contribution in [2.24, 2.45) is 0 Å². The van der Waals surface area contributed by atoms with E-state index in [0.29, 0.717) is 32.4 Å². The normalized spacial score (nSPS) is 18.7. The van der Waals surface area contributed by atoms with Crippen molar-refractivity contribution in [2.75, 3.05) is 31.1 Å². The molecular formula is C12H18N4OS. The van der Waals surface area contributed by atoms with Crippen LogP contribution in [0.5, 0.6) is 0 Å². The minimum atomic E-state index is 0.0421. The van der Waals surface area contributed by atoms with Crippen LogP contribution in [0.2, 0.25) is 0 Å². The molecule has 1 saturated heterocycles. The Morgan fingerprint density at radius 1 is 1.33 bits per heavy atom. The molecule has 98 valence electrons. The number of thioether (sulfide) groups is 1. The third-order valence-corrected chi connectivity index (χ3v) is 3.89. The molecule has 1 heterocycles. The average Bonchev–Trinajstić information content (AvgIpc) is 2.40. The molecule has 5 nitrogen and oxygen atoms in total. The van der Waals surface area contributed by atoms with Crippen molar-refractivity contribution in [1.29, 1.82) is 10.5 Å². The zero-order valence-corrected chi connectivity index (χ0v) is 11.2. The van der Waals surface area contributed by atoms with Gasteiger partial charge in [-0.15, -0.1) is 0 Å². The average molecular weight is 266 g/mol. The fourth-order valence-electron chi connectivity index (χ4n) is 1.82. The van der Waals surface area contributed by atoms with E-state index in [1.165, 1.54) is 0 Å². The first-order valence-corrected chi connectivity index (χ1v) is 7.26. The molecule has 1 atom stereocenters. The smallest absolute Gasteiger partial charge is 0.224 e. The fraction of sp³-hybridized carbons (Fsp3) is 0.750. The molecule has 0 aliphatic carbocycles. The molecule has 0 spiro atoms. The van der Waals surface area contributed by atoms with Gasteiger partial charge in [-0.1, -0.05) is 0 Å². The van der Waals surface area contributed by atoms with Gasteiger partial charge in [0.1, 0.15) is 0 Å². The van der Waals surface area contributed by atoms with Crippen molar-refractivity contribution in [3.05, 3.63) is 0 Å². The number of hydrogen-bond acceptors (Lipinski definition) is 5. The topological polar surface area (TPSA) is 79.9 Å². The molecule has 0 radical (unpaired) electrons. The molecule has 6 heteroatoms. The second-order valence-electron chi connectivity index (χ2n) is 4.13. The Morgan fingerprint density at radius 3 is 2.50 bits per heavy atom. The predicted molar refractivity (Wildman–Crippen MR) is 70.8 cm³/mol. The van der Waals surface area contributed by atoms with E-state index in [2.05, 4.69) is 5.32 Å². The van der Waals surface area contributed by atoms with Crippen LogP contribution in [0.3, 0.4) is 0 Å². The summed E-state index contributed by atoms with van der Waals surface area (Å²) >= 11 is 1.85. The summed E-state index contributed by atoms with van der Waals surface area (Å²) in [4.78, 5) is 13.7. The lowest BCUT2D eigenvalue weighted by molar-refractivity contribution is -0.131. The Kier molecular flexibility index (Phi) is 7.24. The van der Waals surface area contributed by atoms with Crippen LogP contribution in [-0.4, -0.2) is 48.0 Å². The summed E-state index contributed by atoms with van der Waals surface area (Å²) in [5.74, 6) is 2.09. The molecule has 1 amide bonds. The van der Waals surface area contributed by atoms with Crippen molar-refractivity contribution < 1.29 is 4.79 Å². The van der Waals surface area contributed by atoms with Crippen LogP contribution in [0.1, 0.15) is 19.3 Å². The quantitative estimate of drug-likeness (QED) is 0.767. The van der Waals surface area contributed by atoms with Gasteiger partial charge in [-0.25, -0.2) is 0 Å². The molecule has 1 unspecified atom stereocenters. The van der Waals surface area contributed by atoms with Crippen molar-refractivity contribution in [3.63, 3.8) is 0 Å². The monoisotopic (exact) mass is 266 g/mol. The lowest BCUT2D eigenvalue weighted by atomic mass is 10.2. The molecule has 0 saturated carbocycles. The Labute approximate surface area is 112 Å². The third-order valence-electron chi connectivity index (χ3n) is 2.76. The number of carbonyl (C=O) groups is 1. The zero-order chi connectivity index (χ0) is 13.2. The first kappa shape index (κ1) is 14.8. The molecule has 1 N–H and O–H groups in total. The molecule has 0 aromatic carbocycles. The van der Waals surface area contributed by atoms with Crippen molar-refractivity contribution in [3.8, 4) is 12.1 Å². The van der Waals surface area contributed by atoms with Crippen LogP contribution in [0.15, 0.2) is 0 Å². The summed E-state index contributed by atoms with van der Waals surface area (Å²) in [6, 6.07) is 4.30. The number of amides is 1. The van der Waals surface area contributed by atoms with Crippen LogP contribution < -0.4 is 5.32 Å². The summed E-state index contributed by atoms with van der Waals surface area (Å²) in [6.07, 6.45) is 1.11. The minimum Gasteiger partial charge on any atom is -0.341 e. The highest BCUT2D eigenvalue weighted by Gasteiger charge is 2.20. The maximum Gasteiger partial charge on any atom is 0.224 e. The largest absolute Gasteiger partial charge is 0.341 e. The summed E-state index contributed by atoms with van der Waals surface area (Å²) < 4.78 is 0. The van der Waals surface area contributed by atoms with Gasteiger partial charge >= 0.3 is 0 Å². The van der Waals surface area contributed by atoms with Crippen molar-refractivity contribution >= 4 is 17.7 Å². The zero-order valence-electron chi connectivity index (χ0n) is 10.4. The van der Waals surface area contributed by atoms with E-state index in [9.17, 15) is 4.79 Å². The number of nitrogens with one attached hydrogen (secondary N) is 1. The Morgan fingerprint density at radius 2 is 2.00 bits per heavy atom. The fourth-order valence-corrected chi connectivity index (χ4v) is 2.77. The van der Waals surface area contributed by atoms with E-state index in [1.54, 1.807) is 4.90 Å². The van der Waals surface area contributed by atoms with Gasteiger partial charge in [-0.3, -0.25) is 4.79 Å². The van der Waals surface area contributed by atoms with Crippen molar-refractivity contribution in [2.45, 2.75) is 25.3 Å². The standard InChI is InChI=1S/C12H18N4OS/c13-3-1-6-16(7-2-4-14)12(17)9-11-10-18-8-5-15-11/h11,15H,1-2,5-10H2. The van der Waals surface area contributed by atoms with Gasteiger partial charge in [-0.2, -0.15) is 22.3 Å². The molecule has 1 aliphatic rings. The predicted octanol–water partition coefficient (Wildman–Crippen LogP) is 0.737. The molecular weight excluding hydrogens is 248 g/mol. The molecule has 1 aliphatic heterocycles. The van der Waals surface area contributed by atoms with Crippen LogP contribution in [0.4, 0.5) is 0 Å². The molecule has 0 bridgehead atoms.